The van der Waals surface area contributed by atoms with Crippen molar-refractivity contribution in [3.63, 3.8) is 0 Å². The highest BCUT2D eigenvalue weighted by molar-refractivity contribution is 5.69. The van der Waals surface area contributed by atoms with Gasteiger partial charge in [-0.25, -0.2) is 0 Å². The second-order valence-electron chi connectivity index (χ2n) is 9.11. The molecule has 190 valence electrons. The summed E-state index contributed by atoms with van der Waals surface area (Å²) < 4.78 is 42.1. The van der Waals surface area contributed by atoms with E-state index in [0.29, 0.717) is 43.7 Å². The molecule has 1 saturated heterocycles. The lowest BCUT2D eigenvalue weighted by Gasteiger charge is -2.32. The van der Waals surface area contributed by atoms with Gasteiger partial charge in [0.1, 0.15) is 0 Å². The van der Waals surface area contributed by atoms with Crippen molar-refractivity contribution in [2.24, 2.45) is 4.99 Å². The summed E-state index contributed by atoms with van der Waals surface area (Å²) in [6.07, 6.45) is -1.61. The number of nitrogens with zero attached hydrogens (tertiary/aromatic N) is 3. The normalized spacial score (nSPS) is 16.3. The third-order valence-corrected chi connectivity index (χ3v) is 6.55. The van der Waals surface area contributed by atoms with Crippen LogP contribution >= 0.6 is 0 Å². The van der Waals surface area contributed by atoms with E-state index in [-0.39, 0.29) is 18.0 Å². The maximum Gasteiger partial charge on any atom is 0.416 e. The third-order valence-electron chi connectivity index (χ3n) is 6.55. The molecule has 1 heterocycles. The summed E-state index contributed by atoms with van der Waals surface area (Å²) in [6, 6.07) is 24.5. The number of piperazine rings is 1. The van der Waals surface area contributed by atoms with E-state index in [9.17, 15) is 13.2 Å². The number of benzene rings is 3. The van der Waals surface area contributed by atoms with Crippen LogP contribution in [0.15, 0.2) is 84.0 Å². The molecular formula is C30H29F3N4. The molecule has 0 radical (unpaired) electrons. The molecule has 4 nitrogen and oxygen atoms in total. The molecule has 1 aliphatic heterocycles. The van der Waals surface area contributed by atoms with Gasteiger partial charge in [-0.15, -0.1) is 0 Å². The van der Waals surface area contributed by atoms with Crippen molar-refractivity contribution in [1.29, 1.82) is 5.26 Å². The predicted molar refractivity (Wildman–Crippen MR) is 142 cm³/mol. The Morgan fingerprint density at radius 1 is 1.05 bits per heavy atom. The molecule has 1 atom stereocenters. The molecule has 0 bridgehead atoms. The average molecular weight is 503 g/mol. The number of halogens is 3. The van der Waals surface area contributed by atoms with Crippen LogP contribution in [0.3, 0.4) is 0 Å². The highest BCUT2D eigenvalue weighted by Crippen LogP contribution is 2.35. The van der Waals surface area contributed by atoms with Gasteiger partial charge in [0.25, 0.3) is 0 Å². The number of nitriles is 1. The largest absolute Gasteiger partial charge is 0.416 e. The quantitative estimate of drug-likeness (QED) is 0.366. The van der Waals surface area contributed by atoms with E-state index in [1.165, 1.54) is 6.07 Å². The maximum atomic E-state index is 14.0. The minimum Gasteiger partial charge on any atom is -0.373 e. The fourth-order valence-corrected chi connectivity index (χ4v) is 4.59. The molecule has 4 rings (SSSR count). The van der Waals surface area contributed by atoms with E-state index in [4.69, 9.17) is 5.26 Å². The molecule has 0 aromatic heterocycles. The summed E-state index contributed by atoms with van der Waals surface area (Å²) in [5, 5.41) is 12.2. The van der Waals surface area contributed by atoms with Gasteiger partial charge in [0.2, 0.25) is 0 Å². The van der Waals surface area contributed by atoms with Crippen LogP contribution in [0.4, 0.5) is 13.2 Å². The lowest BCUT2D eigenvalue weighted by molar-refractivity contribution is -0.138. The van der Waals surface area contributed by atoms with Crippen LogP contribution in [0.2, 0.25) is 0 Å². The Balaban J connectivity index is 1.51. The smallest absolute Gasteiger partial charge is 0.373 e. The first-order valence-electron chi connectivity index (χ1n) is 12.2. The molecule has 3 aromatic rings. The lowest BCUT2D eigenvalue weighted by atomic mass is 9.95. The Hall–Kier alpha value is -3.89. The lowest BCUT2D eigenvalue weighted by Crippen LogP contribution is -2.48. The Morgan fingerprint density at radius 2 is 1.78 bits per heavy atom. The zero-order valence-corrected chi connectivity index (χ0v) is 20.5. The first-order valence-corrected chi connectivity index (χ1v) is 12.2. The fraction of sp³-hybridized carbons (Fsp3) is 0.267. The van der Waals surface area contributed by atoms with Gasteiger partial charge in [0.05, 0.1) is 23.8 Å². The van der Waals surface area contributed by atoms with Crippen molar-refractivity contribution in [3.8, 4) is 17.2 Å². The molecule has 1 N–H and O–H groups in total. The summed E-state index contributed by atoms with van der Waals surface area (Å²) in [5.41, 5.74) is 3.51. The Morgan fingerprint density at radius 3 is 2.46 bits per heavy atom. The molecule has 1 fully saturated rings. The maximum absolute atomic E-state index is 14.0. The fourth-order valence-electron chi connectivity index (χ4n) is 4.59. The first-order chi connectivity index (χ1) is 17.9. The molecular weight excluding hydrogens is 473 g/mol. The predicted octanol–water partition coefficient (Wildman–Crippen LogP) is 6.34. The molecule has 0 aliphatic carbocycles. The van der Waals surface area contributed by atoms with Crippen LogP contribution in [-0.2, 0) is 19.0 Å². The first kappa shape index (κ1) is 26.2. The molecule has 0 spiro atoms. The second-order valence-corrected chi connectivity index (χ2v) is 9.11. The van der Waals surface area contributed by atoms with Crippen LogP contribution in [0, 0.1) is 11.3 Å². The van der Waals surface area contributed by atoms with Crippen molar-refractivity contribution in [2.75, 3.05) is 19.6 Å². The van der Waals surface area contributed by atoms with Gasteiger partial charge in [0, 0.05) is 37.4 Å². The van der Waals surface area contributed by atoms with Crippen LogP contribution in [0.25, 0.3) is 16.8 Å². The van der Waals surface area contributed by atoms with Gasteiger partial charge in [-0.05, 0) is 47.9 Å². The van der Waals surface area contributed by atoms with Gasteiger partial charge in [0.15, 0.2) is 0 Å². The highest BCUT2D eigenvalue weighted by atomic mass is 19.4. The topological polar surface area (TPSA) is 51.4 Å². The molecule has 0 saturated carbocycles. The summed E-state index contributed by atoms with van der Waals surface area (Å²) >= 11 is 0. The van der Waals surface area contributed by atoms with Crippen LogP contribution < -0.4 is 5.32 Å². The van der Waals surface area contributed by atoms with Crippen LogP contribution in [0.1, 0.15) is 28.7 Å². The van der Waals surface area contributed by atoms with Crippen molar-refractivity contribution >= 4 is 12.4 Å². The summed E-state index contributed by atoms with van der Waals surface area (Å²) in [4.78, 5) is 5.99. The minimum absolute atomic E-state index is 0.0101. The number of aryl methyl sites for hydroxylation is 2. The SMILES string of the molecule is C=N/C(=C\N1CCNC(CC#N)C1)c1ccc(CCc2ccc(-c3ccccc3)cc2)c(C(F)(F)F)c1. The number of aliphatic imine (C=N–C) groups is 1. The number of rotatable bonds is 8. The van der Waals surface area contributed by atoms with E-state index >= 15 is 0 Å². The van der Waals surface area contributed by atoms with Gasteiger partial charge in [-0.3, -0.25) is 4.99 Å². The summed E-state index contributed by atoms with van der Waals surface area (Å²) in [7, 11) is 0. The zero-order valence-electron chi connectivity index (χ0n) is 20.5. The Bertz CT molecular complexity index is 1270. The summed E-state index contributed by atoms with van der Waals surface area (Å²) in [5.74, 6) is 0. The molecule has 3 aromatic carbocycles. The second kappa shape index (κ2) is 11.9. The molecule has 7 heteroatoms. The average Bonchev–Trinajstić information content (AvgIpc) is 2.91. The van der Waals surface area contributed by atoms with Crippen molar-refractivity contribution in [2.45, 2.75) is 31.5 Å². The number of nitrogens with one attached hydrogen (secondary N) is 1. The number of alkyl halides is 3. The van der Waals surface area contributed by atoms with Gasteiger partial charge >= 0.3 is 6.18 Å². The minimum atomic E-state index is -4.48. The van der Waals surface area contributed by atoms with E-state index in [1.807, 2.05) is 59.5 Å². The van der Waals surface area contributed by atoms with E-state index < -0.39 is 11.7 Å². The molecule has 0 amide bonds. The Labute approximate surface area is 215 Å². The van der Waals surface area contributed by atoms with Gasteiger partial charge in [-0.2, -0.15) is 18.4 Å². The monoisotopic (exact) mass is 502 g/mol. The standard InChI is InChI=1S/C30H29F3N4/c1-35-29(21-37-18-17-36-27(20-37)15-16-34)26-14-13-25(28(19-26)30(31,32)33)12-9-22-7-10-24(11-8-22)23-5-3-2-4-6-23/h2-8,10-11,13-14,19,21,27,36H,1,9,12,15,17-18,20H2/b29-21-. The number of hydrogen-bond acceptors (Lipinski definition) is 4. The highest BCUT2D eigenvalue weighted by Gasteiger charge is 2.33. The number of hydrogen-bond donors (Lipinski definition) is 1. The van der Waals surface area contributed by atoms with Crippen molar-refractivity contribution < 1.29 is 13.2 Å². The van der Waals surface area contributed by atoms with E-state index in [0.717, 1.165) is 16.7 Å². The molecule has 37 heavy (non-hydrogen) atoms. The van der Waals surface area contributed by atoms with Crippen LogP contribution in [0.5, 0.6) is 0 Å². The summed E-state index contributed by atoms with van der Waals surface area (Å²) in [6.45, 7) is 5.53. The van der Waals surface area contributed by atoms with Gasteiger partial charge in [-0.1, -0.05) is 66.7 Å². The third kappa shape index (κ3) is 6.87. The molecule has 1 aliphatic rings. The van der Waals surface area contributed by atoms with E-state index in [1.54, 1.807) is 18.3 Å². The van der Waals surface area contributed by atoms with Crippen molar-refractivity contribution in [1.82, 2.24) is 10.2 Å². The molecule has 1 unspecified atom stereocenters. The van der Waals surface area contributed by atoms with Gasteiger partial charge < -0.3 is 10.2 Å². The van der Waals surface area contributed by atoms with E-state index in [2.05, 4.69) is 23.1 Å². The van der Waals surface area contributed by atoms with Crippen LogP contribution in [-0.4, -0.2) is 37.3 Å². The zero-order chi connectivity index (χ0) is 26.3. The van der Waals surface area contributed by atoms with Crippen molar-refractivity contribution in [3.05, 3.63) is 101 Å². The Kier molecular flexibility index (Phi) is 8.42.